The van der Waals surface area contributed by atoms with Crippen molar-refractivity contribution in [3.8, 4) is 0 Å². The fraction of sp³-hybridized carbons (Fsp3) is 0.643. The van der Waals surface area contributed by atoms with Crippen LogP contribution in [-0.2, 0) is 4.79 Å². The summed E-state index contributed by atoms with van der Waals surface area (Å²) in [6, 6.07) is 0. The van der Waals surface area contributed by atoms with Gasteiger partial charge in [0.15, 0.2) is 0 Å². The molecule has 0 spiro atoms. The number of hydrogen-bond donors (Lipinski definition) is 2. The molecule has 1 aromatic rings. The van der Waals surface area contributed by atoms with Gasteiger partial charge in [-0.1, -0.05) is 11.6 Å². The number of amides is 1. The van der Waals surface area contributed by atoms with Crippen LogP contribution in [0.1, 0.15) is 50.9 Å². The Balaban J connectivity index is 2.03. The van der Waals surface area contributed by atoms with E-state index in [-0.39, 0.29) is 18.0 Å². The molecule has 1 aromatic heterocycles. The van der Waals surface area contributed by atoms with Gasteiger partial charge in [0, 0.05) is 17.0 Å². The largest absolute Gasteiger partial charge is 0.361 e. The summed E-state index contributed by atoms with van der Waals surface area (Å²) < 4.78 is 0. The van der Waals surface area contributed by atoms with Crippen molar-refractivity contribution in [1.29, 1.82) is 0 Å². The van der Waals surface area contributed by atoms with Crippen molar-refractivity contribution >= 4 is 23.3 Å². The highest BCUT2D eigenvalue weighted by atomic mass is 35.5. The maximum absolute atomic E-state index is 11.8. The SMILES string of the molecule is Cc1c(Cl)nc(C2CC2)nc1NCC(=O)NC(C)(C)C. The summed E-state index contributed by atoms with van der Waals surface area (Å²) in [6.45, 7) is 7.87. The predicted molar refractivity (Wildman–Crippen MR) is 80.1 cm³/mol. The number of hydrogen-bond acceptors (Lipinski definition) is 4. The van der Waals surface area contributed by atoms with E-state index in [1.165, 1.54) is 0 Å². The summed E-state index contributed by atoms with van der Waals surface area (Å²) in [5, 5.41) is 6.41. The van der Waals surface area contributed by atoms with Crippen LogP contribution in [0.3, 0.4) is 0 Å². The normalized spacial score (nSPS) is 15.1. The Morgan fingerprint density at radius 2 is 2.00 bits per heavy atom. The Morgan fingerprint density at radius 1 is 1.35 bits per heavy atom. The lowest BCUT2D eigenvalue weighted by atomic mass is 10.1. The van der Waals surface area contributed by atoms with E-state index in [4.69, 9.17) is 11.6 Å². The highest BCUT2D eigenvalue weighted by Crippen LogP contribution is 2.39. The summed E-state index contributed by atoms with van der Waals surface area (Å²) in [7, 11) is 0. The smallest absolute Gasteiger partial charge is 0.239 e. The highest BCUT2D eigenvalue weighted by molar-refractivity contribution is 6.30. The second kappa shape index (κ2) is 5.56. The van der Waals surface area contributed by atoms with E-state index >= 15 is 0 Å². The molecule has 20 heavy (non-hydrogen) atoms. The fourth-order valence-corrected chi connectivity index (χ4v) is 2.00. The van der Waals surface area contributed by atoms with E-state index in [0.29, 0.717) is 16.9 Å². The molecule has 2 N–H and O–H groups in total. The molecule has 5 nitrogen and oxygen atoms in total. The van der Waals surface area contributed by atoms with Crippen LogP contribution in [0.2, 0.25) is 5.15 Å². The van der Waals surface area contributed by atoms with Crippen molar-refractivity contribution in [2.24, 2.45) is 0 Å². The van der Waals surface area contributed by atoms with Crippen LogP contribution >= 0.6 is 11.6 Å². The average molecular weight is 297 g/mol. The van der Waals surface area contributed by atoms with Crippen molar-refractivity contribution < 1.29 is 4.79 Å². The molecule has 1 heterocycles. The topological polar surface area (TPSA) is 66.9 Å². The molecule has 0 radical (unpaired) electrons. The third kappa shape index (κ3) is 4.07. The minimum Gasteiger partial charge on any atom is -0.361 e. The van der Waals surface area contributed by atoms with Crippen molar-refractivity contribution in [3.05, 3.63) is 16.5 Å². The van der Waals surface area contributed by atoms with Crippen LogP contribution in [0.25, 0.3) is 0 Å². The molecule has 2 rings (SSSR count). The fourth-order valence-electron chi connectivity index (χ4n) is 1.83. The van der Waals surface area contributed by atoms with E-state index in [9.17, 15) is 4.79 Å². The van der Waals surface area contributed by atoms with Crippen LogP contribution in [0.4, 0.5) is 5.82 Å². The zero-order chi connectivity index (χ0) is 14.9. The molecule has 0 unspecified atom stereocenters. The van der Waals surface area contributed by atoms with Gasteiger partial charge in [0.2, 0.25) is 5.91 Å². The van der Waals surface area contributed by atoms with E-state index in [0.717, 1.165) is 24.2 Å². The molecule has 1 aliphatic rings. The Bertz CT molecular complexity index is 521. The standard InChI is InChI=1S/C14H21ClN4O/c1-8-11(15)17-13(9-5-6-9)18-12(8)16-7-10(20)19-14(2,3)4/h9H,5-7H2,1-4H3,(H,19,20)(H,16,17,18). The number of carbonyl (C=O) groups is 1. The first-order chi connectivity index (χ1) is 9.26. The number of anilines is 1. The first-order valence-electron chi connectivity index (χ1n) is 6.85. The molecular weight excluding hydrogens is 276 g/mol. The number of carbonyl (C=O) groups excluding carboxylic acids is 1. The van der Waals surface area contributed by atoms with Crippen molar-refractivity contribution in [2.45, 2.75) is 52.0 Å². The van der Waals surface area contributed by atoms with Gasteiger partial charge in [-0.05, 0) is 40.5 Å². The third-order valence-electron chi connectivity index (χ3n) is 2.98. The molecule has 0 saturated heterocycles. The van der Waals surface area contributed by atoms with Gasteiger partial charge in [-0.25, -0.2) is 9.97 Å². The summed E-state index contributed by atoms with van der Waals surface area (Å²) in [6.07, 6.45) is 2.23. The summed E-state index contributed by atoms with van der Waals surface area (Å²) in [5.74, 6) is 1.78. The lowest BCUT2D eigenvalue weighted by Gasteiger charge is -2.21. The third-order valence-corrected chi connectivity index (χ3v) is 3.35. The number of nitrogens with zero attached hydrogens (tertiary/aromatic N) is 2. The predicted octanol–water partition coefficient (Wildman–Crippen LogP) is 2.64. The molecule has 1 amide bonds. The molecule has 110 valence electrons. The summed E-state index contributed by atoms with van der Waals surface area (Å²) >= 11 is 6.12. The molecule has 0 bridgehead atoms. The maximum Gasteiger partial charge on any atom is 0.239 e. The van der Waals surface area contributed by atoms with Gasteiger partial charge >= 0.3 is 0 Å². The van der Waals surface area contributed by atoms with Crippen LogP contribution in [0.5, 0.6) is 0 Å². The average Bonchev–Trinajstić information content (AvgIpc) is 3.12. The quantitative estimate of drug-likeness (QED) is 0.838. The van der Waals surface area contributed by atoms with E-state index < -0.39 is 0 Å². The lowest BCUT2D eigenvalue weighted by molar-refractivity contribution is -0.120. The number of aromatic nitrogens is 2. The van der Waals surface area contributed by atoms with E-state index in [1.807, 2.05) is 27.7 Å². The zero-order valence-corrected chi connectivity index (χ0v) is 13.1. The van der Waals surface area contributed by atoms with Crippen LogP contribution in [-0.4, -0.2) is 28.0 Å². The van der Waals surface area contributed by atoms with Crippen LogP contribution < -0.4 is 10.6 Å². The Kier molecular flexibility index (Phi) is 4.18. The number of nitrogens with one attached hydrogen (secondary N) is 2. The van der Waals surface area contributed by atoms with Gasteiger partial charge in [0.05, 0.1) is 6.54 Å². The highest BCUT2D eigenvalue weighted by Gasteiger charge is 2.28. The van der Waals surface area contributed by atoms with Crippen molar-refractivity contribution in [1.82, 2.24) is 15.3 Å². The zero-order valence-electron chi connectivity index (χ0n) is 12.4. The Labute approximate surface area is 124 Å². The number of rotatable bonds is 4. The molecule has 0 atom stereocenters. The van der Waals surface area contributed by atoms with Crippen LogP contribution in [0, 0.1) is 6.92 Å². The van der Waals surface area contributed by atoms with Gasteiger partial charge in [0.25, 0.3) is 0 Å². The molecular formula is C14H21ClN4O. The summed E-state index contributed by atoms with van der Waals surface area (Å²) in [4.78, 5) is 20.6. The Hall–Kier alpha value is -1.36. The molecule has 1 saturated carbocycles. The second-order valence-corrected chi connectivity index (χ2v) is 6.63. The molecule has 6 heteroatoms. The monoisotopic (exact) mass is 296 g/mol. The van der Waals surface area contributed by atoms with Crippen molar-refractivity contribution in [3.63, 3.8) is 0 Å². The van der Waals surface area contributed by atoms with E-state index in [2.05, 4.69) is 20.6 Å². The van der Waals surface area contributed by atoms with Gasteiger partial charge in [-0.2, -0.15) is 0 Å². The second-order valence-electron chi connectivity index (χ2n) is 6.27. The van der Waals surface area contributed by atoms with Crippen molar-refractivity contribution in [2.75, 3.05) is 11.9 Å². The minimum atomic E-state index is -0.240. The van der Waals surface area contributed by atoms with Gasteiger partial charge < -0.3 is 10.6 Å². The first-order valence-corrected chi connectivity index (χ1v) is 7.23. The lowest BCUT2D eigenvalue weighted by Crippen LogP contribution is -2.43. The van der Waals surface area contributed by atoms with Gasteiger partial charge in [0.1, 0.15) is 16.8 Å². The molecule has 0 aromatic carbocycles. The number of halogens is 1. The molecule has 0 aliphatic heterocycles. The molecule has 1 aliphatic carbocycles. The van der Waals surface area contributed by atoms with Gasteiger partial charge in [-0.15, -0.1) is 0 Å². The van der Waals surface area contributed by atoms with Crippen LogP contribution in [0.15, 0.2) is 0 Å². The minimum absolute atomic E-state index is 0.0698. The first kappa shape index (κ1) is 15.0. The van der Waals surface area contributed by atoms with Gasteiger partial charge in [-0.3, -0.25) is 4.79 Å². The maximum atomic E-state index is 11.8. The molecule has 1 fully saturated rings. The van der Waals surface area contributed by atoms with E-state index in [1.54, 1.807) is 0 Å². The summed E-state index contributed by atoms with van der Waals surface area (Å²) in [5.41, 5.74) is 0.538. The Morgan fingerprint density at radius 3 is 2.55 bits per heavy atom.